The lowest BCUT2D eigenvalue weighted by Gasteiger charge is -2.09. The molecule has 2 aromatic heterocycles. The zero-order valence-corrected chi connectivity index (χ0v) is 16.2. The van der Waals surface area contributed by atoms with Gasteiger partial charge in [-0.3, -0.25) is 9.59 Å². The van der Waals surface area contributed by atoms with Crippen molar-refractivity contribution in [2.24, 2.45) is 0 Å². The highest BCUT2D eigenvalue weighted by Crippen LogP contribution is 2.21. The van der Waals surface area contributed by atoms with Crippen LogP contribution >= 0.6 is 0 Å². The number of imidazole rings is 1. The Labute approximate surface area is 162 Å². The number of fused-ring (bicyclic) bond motifs is 1. The van der Waals surface area contributed by atoms with E-state index in [9.17, 15) is 9.59 Å². The van der Waals surface area contributed by atoms with Crippen molar-refractivity contribution in [1.82, 2.24) is 19.5 Å². The highest BCUT2D eigenvalue weighted by molar-refractivity contribution is 6.07. The van der Waals surface area contributed by atoms with E-state index in [1.54, 1.807) is 18.5 Å². The van der Waals surface area contributed by atoms with Crippen LogP contribution in [0.2, 0.25) is 0 Å². The van der Waals surface area contributed by atoms with Gasteiger partial charge >= 0.3 is 6.01 Å². The molecule has 1 aromatic carbocycles. The Morgan fingerprint density at radius 2 is 1.89 bits per heavy atom. The number of nitrogens with zero attached hydrogens (tertiary/aromatic N) is 4. The van der Waals surface area contributed by atoms with Crippen molar-refractivity contribution < 1.29 is 14.3 Å². The maximum atomic E-state index is 11.9. The lowest BCUT2D eigenvalue weighted by Crippen LogP contribution is -2.08. The molecule has 146 valence electrons. The molecule has 0 aliphatic heterocycles. The number of unbranched alkanes of at least 4 members (excludes halogenated alkanes) is 1. The van der Waals surface area contributed by atoms with Crippen molar-refractivity contribution >= 4 is 28.5 Å². The van der Waals surface area contributed by atoms with E-state index in [4.69, 9.17) is 10.5 Å². The molecule has 0 atom stereocenters. The van der Waals surface area contributed by atoms with Gasteiger partial charge in [-0.15, -0.1) is 0 Å². The van der Waals surface area contributed by atoms with Gasteiger partial charge in [0.05, 0.1) is 19.5 Å². The fraction of sp³-hybridized carbons (Fsp3) is 0.350. The molecule has 0 amide bonds. The van der Waals surface area contributed by atoms with Crippen LogP contribution in [0.25, 0.3) is 11.2 Å². The molecule has 0 spiro atoms. The average molecular weight is 381 g/mol. The van der Waals surface area contributed by atoms with E-state index in [1.807, 2.05) is 10.6 Å². The number of ether oxygens (including phenoxy) is 1. The minimum absolute atomic E-state index is 0.140. The molecule has 0 aliphatic rings. The third-order valence-corrected chi connectivity index (χ3v) is 4.39. The van der Waals surface area contributed by atoms with Gasteiger partial charge in [0.2, 0.25) is 0 Å². The highest BCUT2D eigenvalue weighted by atomic mass is 16.5. The quantitative estimate of drug-likeness (QED) is 0.471. The molecular weight excluding hydrogens is 358 g/mol. The Morgan fingerprint density at radius 3 is 2.57 bits per heavy atom. The number of hydrogen-bond donors (Lipinski definition) is 1. The van der Waals surface area contributed by atoms with Crippen LogP contribution in [-0.4, -0.2) is 37.7 Å². The van der Waals surface area contributed by atoms with E-state index >= 15 is 0 Å². The second-order valence-corrected chi connectivity index (χ2v) is 6.63. The molecule has 0 bridgehead atoms. The number of nitrogens with two attached hydrogens (primary N) is 1. The largest absolute Gasteiger partial charge is 0.463 e. The molecule has 8 nitrogen and oxygen atoms in total. The first-order valence-corrected chi connectivity index (χ1v) is 9.16. The van der Waals surface area contributed by atoms with Gasteiger partial charge in [-0.05, 0) is 31.9 Å². The van der Waals surface area contributed by atoms with Crippen molar-refractivity contribution in [3.05, 3.63) is 41.2 Å². The summed E-state index contributed by atoms with van der Waals surface area (Å²) in [6.45, 7) is 5.91. The first-order chi connectivity index (χ1) is 13.4. The van der Waals surface area contributed by atoms with Gasteiger partial charge in [-0.2, -0.15) is 9.97 Å². The van der Waals surface area contributed by atoms with Gasteiger partial charge in [0.25, 0.3) is 0 Å². The van der Waals surface area contributed by atoms with Crippen LogP contribution in [0, 0.1) is 0 Å². The van der Waals surface area contributed by atoms with Gasteiger partial charge in [0, 0.05) is 11.1 Å². The minimum atomic E-state index is -0.152. The number of ketones is 2. The fourth-order valence-corrected chi connectivity index (χ4v) is 2.92. The Balaban J connectivity index is 1.95. The van der Waals surface area contributed by atoms with Crippen LogP contribution in [0.1, 0.15) is 59.9 Å². The number of benzene rings is 1. The van der Waals surface area contributed by atoms with E-state index in [1.165, 1.54) is 13.8 Å². The zero-order chi connectivity index (χ0) is 20.3. The lowest BCUT2D eigenvalue weighted by molar-refractivity contribution is 0.0980. The van der Waals surface area contributed by atoms with E-state index in [0.29, 0.717) is 35.4 Å². The van der Waals surface area contributed by atoms with E-state index in [-0.39, 0.29) is 23.4 Å². The van der Waals surface area contributed by atoms with E-state index in [0.717, 1.165) is 18.4 Å². The number of nitrogen functional groups attached to an aromatic ring is 1. The minimum Gasteiger partial charge on any atom is -0.463 e. The molecule has 0 unspecified atom stereocenters. The van der Waals surface area contributed by atoms with Crippen molar-refractivity contribution in [3.8, 4) is 6.01 Å². The number of carbonyl (C=O) groups excluding carboxylic acids is 2. The summed E-state index contributed by atoms with van der Waals surface area (Å²) in [6, 6.07) is 5.44. The Hall–Kier alpha value is -3.29. The van der Waals surface area contributed by atoms with Crippen LogP contribution < -0.4 is 10.5 Å². The number of hydrogen-bond acceptors (Lipinski definition) is 7. The summed E-state index contributed by atoms with van der Waals surface area (Å²) in [5.74, 6) is -0.0356. The zero-order valence-electron chi connectivity index (χ0n) is 16.2. The molecule has 0 saturated carbocycles. The second-order valence-electron chi connectivity index (χ2n) is 6.63. The maximum absolute atomic E-state index is 11.9. The number of aromatic nitrogens is 4. The first-order valence-electron chi connectivity index (χ1n) is 9.16. The van der Waals surface area contributed by atoms with Gasteiger partial charge in [0.1, 0.15) is 0 Å². The summed E-state index contributed by atoms with van der Waals surface area (Å²) >= 11 is 0. The molecule has 0 saturated heterocycles. The number of Topliss-reactive ketones (excluding diaryl/α,β-unsaturated/α-hetero) is 2. The number of anilines is 1. The second kappa shape index (κ2) is 8.16. The van der Waals surface area contributed by atoms with Crippen LogP contribution in [0.5, 0.6) is 6.01 Å². The molecule has 0 aliphatic carbocycles. The van der Waals surface area contributed by atoms with Gasteiger partial charge in [0.15, 0.2) is 28.5 Å². The van der Waals surface area contributed by atoms with Gasteiger partial charge in [-0.1, -0.05) is 25.5 Å². The van der Waals surface area contributed by atoms with Crippen LogP contribution in [0.15, 0.2) is 24.5 Å². The highest BCUT2D eigenvalue weighted by Gasteiger charge is 2.15. The molecule has 3 rings (SSSR count). The van der Waals surface area contributed by atoms with Gasteiger partial charge in [-0.25, -0.2) is 4.98 Å². The number of carbonyl (C=O) groups is 2. The SMILES string of the molecule is CCCCOc1nc(N)c2ncn(Cc3ccc(C(C)=O)c(C(C)=O)c3)c2n1. The third kappa shape index (κ3) is 4.00. The van der Waals surface area contributed by atoms with Crippen molar-refractivity contribution in [3.63, 3.8) is 0 Å². The first kappa shape index (κ1) is 19.5. The summed E-state index contributed by atoms with van der Waals surface area (Å²) in [6.07, 6.45) is 3.53. The smallest absolute Gasteiger partial charge is 0.320 e. The lowest BCUT2D eigenvalue weighted by atomic mass is 9.98. The van der Waals surface area contributed by atoms with Crippen LogP contribution in [0.3, 0.4) is 0 Å². The molecule has 28 heavy (non-hydrogen) atoms. The monoisotopic (exact) mass is 381 g/mol. The average Bonchev–Trinajstić information content (AvgIpc) is 3.05. The van der Waals surface area contributed by atoms with E-state index < -0.39 is 0 Å². The van der Waals surface area contributed by atoms with Crippen molar-refractivity contribution in [2.75, 3.05) is 12.3 Å². The molecular formula is C20H23N5O3. The molecule has 2 N–H and O–H groups in total. The summed E-state index contributed by atoms with van der Waals surface area (Å²) in [4.78, 5) is 36.5. The van der Waals surface area contributed by atoms with Crippen molar-refractivity contribution in [2.45, 2.75) is 40.2 Å². The standard InChI is InChI=1S/C20H23N5O3/c1-4-5-8-28-20-23-18(21)17-19(24-20)25(11-22-17)10-14-6-7-15(12(2)26)16(9-14)13(3)27/h6-7,9,11H,4-5,8,10H2,1-3H3,(H2,21,23,24). The van der Waals surface area contributed by atoms with Crippen LogP contribution in [0.4, 0.5) is 5.82 Å². The molecule has 0 radical (unpaired) electrons. The molecule has 2 heterocycles. The van der Waals surface area contributed by atoms with Crippen molar-refractivity contribution in [1.29, 1.82) is 0 Å². The fourth-order valence-electron chi connectivity index (χ4n) is 2.92. The summed E-state index contributed by atoms with van der Waals surface area (Å²) < 4.78 is 7.39. The topological polar surface area (TPSA) is 113 Å². The van der Waals surface area contributed by atoms with E-state index in [2.05, 4.69) is 21.9 Å². The Morgan fingerprint density at radius 1 is 1.14 bits per heavy atom. The summed E-state index contributed by atoms with van der Waals surface area (Å²) in [7, 11) is 0. The maximum Gasteiger partial charge on any atom is 0.320 e. The predicted octanol–water partition coefficient (Wildman–Crippen LogP) is 3.04. The number of rotatable bonds is 8. The predicted molar refractivity (Wildman–Crippen MR) is 106 cm³/mol. The molecule has 0 fully saturated rings. The summed E-state index contributed by atoms with van der Waals surface area (Å²) in [5.41, 5.74) is 8.72. The molecule has 3 aromatic rings. The summed E-state index contributed by atoms with van der Waals surface area (Å²) in [5, 5.41) is 0. The Bertz CT molecular complexity index is 1040. The van der Waals surface area contributed by atoms with Gasteiger partial charge < -0.3 is 15.0 Å². The Kier molecular flexibility index (Phi) is 5.67. The third-order valence-electron chi connectivity index (χ3n) is 4.39. The normalized spacial score (nSPS) is 11.0. The molecule has 8 heteroatoms. The van der Waals surface area contributed by atoms with Crippen LogP contribution in [-0.2, 0) is 6.54 Å².